The lowest BCUT2D eigenvalue weighted by Crippen LogP contribution is -2.74. The normalized spacial score (nSPS) is 8.67. The molecule has 68 valence electrons. The molecule has 0 heterocycles. The number of hydrogen-bond donors (Lipinski definition) is 3. The second-order valence-corrected chi connectivity index (χ2v) is 2.17. The van der Waals surface area contributed by atoms with Crippen LogP contribution in [0.3, 0.4) is 0 Å². The summed E-state index contributed by atoms with van der Waals surface area (Å²) in [6, 6.07) is 4.79. The van der Waals surface area contributed by atoms with Crippen LogP contribution in [0.15, 0.2) is 18.2 Å². The molecule has 0 radical (unpaired) electrons. The quantitative estimate of drug-likeness (QED) is 0.338. The zero-order valence-corrected chi connectivity index (χ0v) is 7.70. The highest BCUT2D eigenvalue weighted by Gasteiger charge is 1.99. The summed E-state index contributed by atoms with van der Waals surface area (Å²) in [6.07, 6.45) is 0. The van der Waals surface area contributed by atoms with E-state index in [1.807, 2.05) is 20.8 Å². The number of rotatable bonds is 1. The highest BCUT2D eigenvalue weighted by molar-refractivity contribution is 5.42. The van der Waals surface area contributed by atoms with E-state index in [0.29, 0.717) is 0 Å². The second kappa shape index (κ2) is 5.57. The Morgan fingerprint density at radius 2 is 1.83 bits per heavy atom. The van der Waals surface area contributed by atoms with Gasteiger partial charge in [0.05, 0.1) is 0 Å². The lowest BCUT2D eigenvalue weighted by molar-refractivity contribution is -0.826. The van der Waals surface area contributed by atoms with Gasteiger partial charge in [0.2, 0.25) is 0 Å². The van der Waals surface area contributed by atoms with Gasteiger partial charge in [-0.25, -0.2) is 5.21 Å². The molecule has 3 heteroatoms. The van der Waals surface area contributed by atoms with Crippen molar-refractivity contribution in [1.82, 2.24) is 0 Å². The molecule has 0 fully saturated rings. The number of nitrogens with two attached hydrogens (primary N) is 1. The number of aryl methyl sites for hydroxylation is 1. The van der Waals surface area contributed by atoms with Gasteiger partial charge in [0.15, 0.2) is 5.69 Å². The Labute approximate surface area is 72.6 Å². The summed E-state index contributed by atoms with van der Waals surface area (Å²) in [7, 11) is 0. The molecule has 0 aliphatic rings. The lowest BCUT2D eigenvalue weighted by atomic mass is 10.2. The van der Waals surface area contributed by atoms with Crippen molar-refractivity contribution in [3.63, 3.8) is 0 Å². The van der Waals surface area contributed by atoms with Crippen LogP contribution in [0, 0.1) is 6.92 Å². The van der Waals surface area contributed by atoms with Crippen LogP contribution in [0.2, 0.25) is 0 Å². The Bertz CT molecular complexity index is 236. The first-order valence-electron chi connectivity index (χ1n) is 4.01. The van der Waals surface area contributed by atoms with Crippen LogP contribution in [-0.4, -0.2) is 10.3 Å². The summed E-state index contributed by atoms with van der Waals surface area (Å²) in [5, 5.41) is 17.5. The molecule has 0 aliphatic heterocycles. The molecule has 0 unspecified atom stereocenters. The number of phenolic OH excluding ortho intramolecular Hbond substituents is 1. The van der Waals surface area contributed by atoms with Gasteiger partial charge >= 0.3 is 0 Å². The standard InChI is InChI=1S/C7H9NO2.C2H6/c1-5-4-6(9)2-3-7(5)8-10;1-2/h2-4,8-10H,1H3;1-2H3/p+1. The predicted octanol–water partition coefficient (Wildman–Crippen LogP) is 1.31. The molecular formula is C9H16NO2+. The molecule has 1 aromatic carbocycles. The van der Waals surface area contributed by atoms with E-state index < -0.39 is 0 Å². The SMILES string of the molecule is CC.Cc1cc(O)ccc1[NH2+]O. The molecule has 0 saturated carbocycles. The largest absolute Gasteiger partial charge is 0.508 e. The molecule has 12 heavy (non-hydrogen) atoms. The maximum absolute atomic E-state index is 8.94. The molecule has 3 nitrogen and oxygen atoms in total. The minimum atomic E-state index is 0.225. The van der Waals surface area contributed by atoms with Crippen LogP contribution in [0.1, 0.15) is 19.4 Å². The highest BCUT2D eigenvalue weighted by Crippen LogP contribution is 2.15. The van der Waals surface area contributed by atoms with E-state index in [9.17, 15) is 0 Å². The van der Waals surface area contributed by atoms with E-state index in [2.05, 4.69) is 0 Å². The number of aromatic hydroxyl groups is 1. The van der Waals surface area contributed by atoms with Gasteiger partial charge in [-0.1, -0.05) is 13.8 Å². The summed E-state index contributed by atoms with van der Waals surface area (Å²) in [6.45, 7) is 5.82. The Kier molecular flexibility index (Phi) is 5.08. The molecular weight excluding hydrogens is 154 g/mol. The smallest absolute Gasteiger partial charge is 0.164 e. The molecule has 0 amide bonds. The highest BCUT2D eigenvalue weighted by atomic mass is 16.5. The fraction of sp³-hybridized carbons (Fsp3) is 0.333. The van der Waals surface area contributed by atoms with Crippen molar-refractivity contribution in [2.24, 2.45) is 0 Å². The van der Waals surface area contributed by atoms with Crippen LogP contribution in [0.25, 0.3) is 0 Å². The molecule has 0 atom stereocenters. The summed E-state index contributed by atoms with van der Waals surface area (Å²) in [5.74, 6) is 0.225. The first-order valence-corrected chi connectivity index (χ1v) is 4.01. The maximum atomic E-state index is 8.94. The average Bonchev–Trinajstić information content (AvgIpc) is 2.08. The molecule has 0 saturated heterocycles. The van der Waals surface area contributed by atoms with Gasteiger partial charge in [-0.2, -0.15) is 5.48 Å². The van der Waals surface area contributed by atoms with Gasteiger partial charge in [0.25, 0.3) is 0 Å². The summed E-state index contributed by atoms with van der Waals surface area (Å²) >= 11 is 0. The summed E-state index contributed by atoms with van der Waals surface area (Å²) in [4.78, 5) is 0. The number of hydrogen-bond acceptors (Lipinski definition) is 2. The van der Waals surface area contributed by atoms with Gasteiger partial charge in [-0.3, -0.25) is 0 Å². The van der Waals surface area contributed by atoms with Gasteiger partial charge in [-0.05, 0) is 19.1 Å². The van der Waals surface area contributed by atoms with Crippen LogP contribution in [0.5, 0.6) is 5.75 Å². The van der Waals surface area contributed by atoms with Gasteiger partial charge in [0, 0.05) is 11.6 Å². The summed E-state index contributed by atoms with van der Waals surface area (Å²) in [5.41, 5.74) is 2.62. The molecule has 0 aliphatic carbocycles. The van der Waals surface area contributed by atoms with Gasteiger partial charge < -0.3 is 5.11 Å². The van der Waals surface area contributed by atoms with Crippen molar-refractivity contribution < 1.29 is 15.8 Å². The zero-order chi connectivity index (χ0) is 9.56. The minimum Gasteiger partial charge on any atom is -0.508 e. The van der Waals surface area contributed by atoms with Crippen LogP contribution in [-0.2, 0) is 0 Å². The third kappa shape index (κ3) is 2.90. The predicted molar refractivity (Wildman–Crippen MR) is 47.6 cm³/mol. The average molecular weight is 170 g/mol. The van der Waals surface area contributed by atoms with E-state index in [4.69, 9.17) is 10.3 Å². The van der Waals surface area contributed by atoms with Crippen molar-refractivity contribution in [3.8, 4) is 5.75 Å². The molecule has 0 bridgehead atoms. The van der Waals surface area contributed by atoms with Crippen LogP contribution in [0.4, 0.5) is 5.69 Å². The van der Waals surface area contributed by atoms with E-state index in [0.717, 1.165) is 16.7 Å². The van der Waals surface area contributed by atoms with E-state index >= 15 is 0 Å². The Morgan fingerprint density at radius 1 is 1.25 bits per heavy atom. The van der Waals surface area contributed by atoms with Crippen molar-refractivity contribution >= 4 is 5.69 Å². The van der Waals surface area contributed by atoms with Crippen molar-refractivity contribution in [1.29, 1.82) is 0 Å². The van der Waals surface area contributed by atoms with Gasteiger partial charge in [-0.15, -0.1) is 0 Å². The first-order chi connectivity index (χ1) is 5.74. The molecule has 1 rings (SSSR count). The van der Waals surface area contributed by atoms with Crippen molar-refractivity contribution in [2.45, 2.75) is 20.8 Å². The zero-order valence-electron chi connectivity index (χ0n) is 7.70. The van der Waals surface area contributed by atoms with Crippen LogP contribution >= 0.6 is 0 Å². The topological polar surface area (TPSA) is 57.1 Å². The monoisotopic (exact) mass is 170 g/mol. The van der Waals surface area contributed by atoms with E-state index in [1.54, 1.807) is 12.1 Å². The van der Waals surface area contributed by atoms with Crippen molar-refractivity contribution in [2.75, 3.05) is 0 Å². The Balaban J connectivity index is 0.000000561. The third-order valence-electron chi connectivity index (χ3n) is 1.39. The van der Waals surface area contributed by atoms with E-state index in [-0.39, 0.29) is 5.75 Å². The summed E-state index contributed by atoms with van der Waals surface area (Å²) < 4.78 is 0. The Hall–Kier alpha value is -1.06. The maximum Gasteiger partial charge on any atom is 0.164 e. The first kappa shape index (κ1) is 10.9. The number of phenols is 1. The molecule has 0 aromatic heterocycles. The molecule has 1 aromatic rings. The number of quaternary nitrogens is 1. The number of benzene rings is 1. The van der Waals surface area contributed by atoms with Crippen LogP contribution < -0.4 is 5.48 Å². The third-order valence-corrected chi connectivity index (χ3v) is 1.39. The van der Waals surface area contributed by atoms with Crippen molar-refractivity contribution in [3.05, 3.63) is 23.8 Å². The molecule has 4 N–H and O–H groups in total. The second-order valence-electron chi connectivity index (χ2n) is 2.17. The fourth-order valence-corrected chi connectivity index (χ4v) is 0.805. The fourth-order valence-electron chi connectivity index (χ4n) is 0.805. The lowest BCUT2D eigenvalue weighted by Gasteiger charge is -1.97. The van der Waals surface area contributed by atoms with Gasteiger partial charge in [0.1, 0.15) is 5.75 Å². The van der Waals surface area contributed by atoms with E-state index in [1.165, 1.54) is 6.07 Å². The Morgan fingerprint density at radius 3 is 2.25 bits per heavy atom. The minimum absolute atomic E-state index is 0.225. The molecule has 0 spiro atoms.